The lowest BCUT2D eigenvalue weighted by molar-refractivity contribution is 0.0376. The molecule has 0 aliphatic rings. The van der Waals surface area contributed by atoms with Crippen LogP contribution in [0, 0.1) is 5.92 Å². The third kappa shape index (κ3) is 3.76. The molecular formula is C12H18O2S. The number of thioether (sulfide) groups is 1. The number of rotatable bonds is 4. The fourth-order valence-electron chi connectivity index (χ4n) is 0.938. The second kappa shape index (κ2) is 4.90. The number of aromatic hydroxyl groups is 1. The average molecular weight is 226 g/mol. The van der Waals surface area contributed by atoms with E-state index < -0.39 is 5.60 Å². The summed E-state index contributed by atoms with van der Waals surface area (Å²) in [5, 5.41) is 19.2. The number of hydrogen-bond donors (Lipinski definition) is 2. The molecule has 1 unspecified atom stereocenters. The molecule has 2 N–H and O–H groups in total. The molecular weight excluding hydrogens is 208 g/mol. The normalized spacial score (nSPS) is 15.3. The molecule has 0 radical (unpaired) electrons. The molecule has 0 aliphatic heterocycles. The second-order valence-electron chi connectivity index (χ2n) is 4.29. The quantitative estimate of drug-likeness (QED) is 0.776. The first-order chi connectivity index (χ1) is 6.92. The second-order valence-corrected chi connectivity index (χ2v) is 5.34. The van der Waals surface area contributed by atoms with Gasteiger partial charge in [-0.15, -0.1) is 11.8 Å². The summed E-state index contributed by atoms with van der Waals surface area (Å²) in [7, 11) is 0. The topological polar surface area (TPSA) is 40.5 Å². The molecule has 0 spiro atoms. The Labute approximate surface area is 95.3 Å². The van der Waals surface area contributed by atoms with Crippen LogP contribution in [0.15, 0.2) is 29.2 Å². The highest BCUT2D eigenvalue weighted by Gasteiger charge is 2.24. The Morgan fingerprint density at radius 2 is 1.80 bits per heavy atom. The van der Waals surface area contributed by atoms with E-state index in [1.54, 1.807) is 23.9 Å². The molecule has 84 valence electrons. The molecule has 1 aromatic rings. The van der Waals surface area contributed by atoms with E-state index >= 15 is 0 Å². The lowest BCUT2D eigenvalue weighted by Crippen LogP contribution is -2.33. The Morgan fingerprint density at radius 1 is 1.27 bits per heavy atom. The van der Waals surface area contributed by atoms with Crippen molar-refractivity contribution in [1.29, 1.82) is 0 Å². The number of benzene rings is 1. The molecule has 3 heteroatoms. The van der Waals surface area contributed by atoms with E-state index in [4.69, 9.17) is 5.11 Å². The van der Waals surface area contributed by atoms with E-state index in [0.29, 0.717) is 5.75 Å². The Balaban J connectivity index is 2.54. The van der Waals surface area contributed by atoms with Gasteiger partial charge < -0.3 is 10.2 Å². The third-order valence-electron chi connectivity index (χ3n) is 2.61. The SMILES string of the molecule is CC(C)C(C)(O)CSc1ccc(O)cc1. The molecule has 0 fully saturated rings. The van der Waals surface area contributed by atoms with Crippen LogP contribution in [0.3, 0.4) is 0 Å². The summed E-state index contributed by atoms with van der Waals surface area (Å²) in [6.07, 6.45) is 0. The van der Waals surface area contributed by atoms with E-state index in [1.165, 1.54) is 0 Å². The molecule has 1 rings (SSSR count). The molecule has 1 atom stereocenters. The minimum atomic E-state index is -0.650. The zero-order valence-electron chi connectivity index (χ0n) is 9.40. The van der Waals surface area contributed by atoms with Gasteiger partial charge in [-0.2, -0.15) is 0 Å². The average Bonchev–Trinajstić information content (AvgIpc) is 2.17. The summed E-state index contributed by atoms with van der Waals surface area (Å²) < 4.78 is 0. The summed E-state index contributed by atoms with van der Waals surface area (Å²) in [6.45, 7) is 5.87. The van der Waals surface area contributed by atoms with Gasteiger partial charge in [0.1, 0.15) is 5.75 Å². The Kier molecular flexibility index (Phi) is 4.05. The van der Waals surface area contributed by atoms with Crippen LogP contribution in [0.1, 0.15) is 20.8 Å². The van der Waals surface area contributed by atoms with E-state index in [-0.39, 0.29) is 11.7 Å². The summed E-state index contributed by atoms with van der Waals surface area (Å²) >= 11 is 1.60. The predicted octanol–water partition coefficient (Wildman–Crippen LogP) is 2.89. The Hall–Kier alpha value is -0.670. The highest BCUT2D eigenvalue weighted by atomic mass is 32.2. The fraction of sp³-hybridized carbons (Fsp3) is 0.500. The molecule has 0 heterocycles. The molecule has 2 nitrogen and oxygen atoms in total. The molecule has 0 aliphatic carbocycles. The third-order valence-corrected chi connectivity index (χ3v) is 3.95. The van der Waals surface area contributed by atoms with Crippen LogP contribution < -0.4 is 0 Å². The maximum Gasteiger partial charge on any atom is 0.115 e. The summed E-state index contributed by atoms with van der Waals surface area (Å²) in [5.41, 5.74) is -0.650. The van der Waals surface area contributed by atoms with Gasteiger partial charge in [-0.05, 0) is 37.1 Å². The van der Waals surface area contributed by atoms with Crippen LogP contribution in [0.2, 0.25) is 0 Å². The summed E-state index contributed by atoms with van der Waals surface area (Å²) in [6, 6.07) is 7.03. The van der Waals surface area contributed by atoms with Crippen molar-refractivity contribution in [2.45, 2.75) is 31.3 Å². The number of aliphatic hydroxyl groups is 1. The van der Waals surface area contributed by atoms with Crippen molar-refractivity contribution in [2.24, 2.45) is 5.92 Å². The number of phenolic OH excluding ortho intramolecular Hbond substituents is 1. The molecule has 0 saturated carbocycles. The van der Waals surface area contributed by atoms with Gasteiger partial charge in [0.15, 0.2) is 0 Å². The minimum Gasteiger partial charge on any atom is -0.508 e. The number of hydrogen-bond acceptors (Lipinski definition) is 3. The standard InChI is InChI=1S/C12H18O2S/c1-9(2)12(3,14)8-15-11-6-4-10(13)5-7-11/h4-7,9,13-14H,8H2,1-3H3. The van der Waals surface area contributed by atoms with Gasteiger partial charge in [-0.1, -0.05) is 13.8 Å². The van der Waals surface area contributed by atoms with Crippen LogP contribution in [-0.2, 0) is 0 Å². The van der Waals surface area contributed by atoms with Gasteiger partial charge in [-0.25, -0.2) is 0 Å². The summed E-state index contributed by atoms with van der Waals surface area (Å²) in [5.74, 6) is 1.17. The number of phenols is 1. The van der Waals surface area contributed by atoms with Crippen molar-refractivity contribution < 1.29 is 10.2 Å². The summed E-state index contributed by atoms with van der Waals surface area (Å²) in [4.78, 5) is 1.06. The Bertz CT molecular complexity index is 304. The zero-order chi connectivity index (χ0) is 11.5. The molecule has 0 saturated heterocycles. The van der Waals surface area contributed by atoms with Gasteiger partial charge in [0.2, 0.25) is 0 Å². The first kappa shape index (κ1) is 12.4. The van der Waals surface area contributed by atoms with Crippen molar-refractivity contribution in [3.8, 4) is 5.75 Å². The van der Waals surface area contributed by atoms with Crippen LogP contribution >= 0.6 is 11.8 Å². The lowest BCUT2D eigenvalue weighted by atomic mass is 9.95. The molecule has 1 aromatic carbocycles. The first-order valence-electron chi connectivity index (χ1n) is 5.06. The maximum atomic E-state index is 10.0. The van der Waals surface area contributed by atoms with Crippen molar-refractivity contribution in [3.05, 3.63) is 24.3 Å². The molecule has 0 aromatic heterocycles. The molecule has 0 amide bonds. The van der Waals surface area contributed by atoms with Crippen molar-refractivity contribution in [2.75, 3.05) is 5.75 Å². The Morgan fingerprint density at radius 3 is 2.27 bits per heavy atom. The van der Waals surface area contributed by atoms with Crippen LogP contribution in [0.5, 0.6) is 5.75 Å². The lowest BCUT2D eigenvalue weighted by Gasteiger charge is -2.27. The zero-order valence-corrected chi connectivity index (χ0v) is 10.2. The fourth-order valence-corrected chi connectivity index (χ4v) is 2.06. The minimum absolute atomic E-state index is 0.238. The van der Waals surface area contributed by atoms with Crippen LogP contribution in [-0.4, -0.2) is 21.6 Å². The maximum absolute atomic E-state index is 10.0. The first-order valence-corrected chi connectivity index (χ1v) is 6.04. The molecule has 0 bridgehead atoms. The van der Waals surface area contributed by atoms with Crippen molar-refractivity contribution in [1.82, 2.24) is 0 Å². The predicted molar refractivity (Wildman–Crippen MR) is 64.3 cm³/mol. The largest absolute Gasteiger partial charge is 0.508 e. The molecule has 15 heavy (non-hydrogen) atoms. The van der Waals surface area contributed by atoms with Crippen molar-refractivity contribution >= 4 is 11.8 Å². The van der Waals surface area contributed by atoms with E-state index in [1.807, 2.05) is 32.9 Å². The van der Waals surface area contributed by atoms with Gasteiger partial charge in [-0.3, -0.25) is 0 Å². The van der Waals surface area contributed by atoms with Crippen molar-refractivity contribution in [3.63, 3.8) is 0 Å². The highest BCUT2D eigenvalue weighted by molar-refractivity contribution is 7.99. The van der Waals surface area contributed by atoms with Crippen LogP contribution in [0.4, 0.5) is 0 Å². The smallest absolute Gasteiger partial charge is 0.115 e. The van der Waals surface area contributed by atoms with E-state index in [0.717, 1.165) is 4.90 Å². The highest BCUT2D eigenvalue weighted by Crippen LogP contribution is 2.27. The van der Waals surface area contributed by atoms with Gasteiger partial charge in [0.25, 0.3) is 0 Å². The van der Waals surface area contributed by atoms with Gasteiger partial charge >= 0.3 is 0 Å². The van der Waals surface area contributed by atoms with Crippen LogP contribution in [0.25, 0.3) is 0 Å². The van der Waals surface area contributed by atoms with Gasteiger partial charge in [0.05, 0.1) is 5.60 Å². The van der Waals surface area contributed by atoms with E-state index in [2.05, 4.69) is 0 Å². The van der Waals surface area contributed by atoms with E-state index in [9.17, 15) is 5.11 Å². The van der Waals surface area contributed by atoms with Gasteiger partial charge in [0, 0.05) is 10.6 Å². The monoisotopic (exact) mass is 226 g/mol.